The van der Waals surface area contributed by atoms with Gasteiger partial charge in [0.1, 0.15) is 11.6 Å². The van der Waals surface area contributed by atoms with Gasteiger partial charge in [0.2, 0.25) is 5.91 Å². The molecule has 0 fully saturated rings. The van der Waals surface area contributed by atoms with Crippen LogP contribution >= 0.6 is 0 Å². The van der Waals surface area contributed by atoms with Gasteiger partial charge in [0.05, 0.1) is 17.4 Å². The van der Waals surface area contributed by atoms with Crippen molar-refractivity contribution in [3.05, 3.63) is 70.5 Å². The SMILES string of the molecule is Cc1cc(CNC(=O)CS(=O)(=O)Cc2ccc(C#N)cc2)ccc1F. The molecule has 0 spiro atoms. The summed E-state index contributed by atoms with van der Waals surface area (Å²) in [6.45, 7) is 1.75. The Balaban J connectivity index is 1.91. The standard InChI is InChI=1S/C18H17FN2O3S/c1-13-8-16(6-7-17(13)19)10-21-18(22)12-25(23,24)11-15-4-2-14(9-20)3-5-15/h2-8H,10-12H2,1H3,(H,21,22). The van der Waals surface area contributed by atoms with E-state index in [0.717, 1.165) is 0 Å². The molecular formula is C18H17FN2O3S. The van der Waals surface area contributed by atoms with Crippen molar-refractivity contribution in [3.63, 3.8) is 0 Å². The Hall–Kier alpha value is -2.72. The highest BCUT2D eigenvalue weighted by atomic mass is 32.2. The third-order valence-corrected chi connectivity index (χ3v) is 5.01. The molecule has 5 nitrogen and oxygen atoms in total. The summed E-state index contributed by atoms with van der Waals surface area (Å²) in [7, 11) is -3.63. The summed E-state index contributed by atoms with van der Waals surface area (Å²) in [5, 5.41) is 11.2. The van der Waals surface area contributed by atoms with Gasteiger partial charge in [0.15, 0.2) is 9.84 Å². The minimum absolute atomic E-state index is 0.131. The number of carbonyl (C=O) groups is 1. The quantitative estimate of drug-likeness (QED) is 0.856. The number of nitrogens with zero attached hydrogens (tertiary/aromatic N) is 1. The number of nitrogens with one attached hydrogen (secondary N) is 1. The van der Waals surface area contributed by atoms with Crippen LogP contribution in [-0.4, -0.2) is 20.1 Å². The zero-order chi connectivity index (χ0) is 18.4. The molecule has 0 radical (unpaired) electrons. The topological polar surface area (TPSA) is 87.0 Å². The minimum atomic E-state index is -3.63. The zero-order valence-electron chi connectivity index (χ0n) is 13.6. The maximum atomic E-state index is 13.2. The van der Waals surface area contributed by atoms with E-state index in [0.29, 0.717) is 22.3 Å². The van der Waals surface area contributed by atoms with Gasteiger partial charge in [-0.1, -0.05) is 24.3 Å². The number of nitriles is 1. The van der Waals surface area contributed by atoms with E-state index in [4.69, 9.17) is 5.26 Å². The lowest BCUT2D eigenvalue weighted by atomic mass is 10.1. The van der Waals surface area contributed by atoms with Crippen LogP contribution in [0.1, 0.15) is 22.3 Å². The van der Waals surface area contributed by atoms with Gasteiger partial charge in [-0.25, -0.2) is 12.8 Å². The van der Waals surface area contributed by atoms with Crippen LogP contribution in [0.25, 0.3) is 0 Å². The van der Waals surface area contributed by atoms with Crippen molar-refractivity contribution in [2.75, 3.05) is 5.75 Å². The molecule has 0 aliphatic rings. The lowest BCUT2D eigenvalue weighted by molar-refractivity contribution is -0.118. The second kappa shape index (κ2) is 7.90. The molecule has 25 heavy (non-hydrogen) atoms. The molecule has 2 aromatic rings. The molecule has 0 aliphatic heterocycles. The van der Waals surface area contributed by atoms with E-state index in [2.05, 4.69) is 5.32 Å². The van der Waals surface area contributed by atoms with Gasteiger partial charge in [-0.15, -0.1) is 0 Å². The van der Waals surface area contributed by atoms with Crippen molar-refractivity contribution in [2.24, 2.45) is 0 Å². The Morgan fingerprint density at radius 3 is 2.40 bits per heavy atom. The van der Waals surface area contributed by atoms with Crippen molar-refractivity contribution < 1.29 is 17.6 Å². The third kappa shape index (κ3) is 5.69. The first-order valence-corrected chi connectivity index (χ1v) is 9.32. The molecular weight excluding hydrogens is 343 g/mol. The number of hydrogen-bond donors (Lipinski definition) is 1. The predicted octanol–water partition coefficient (Wildman–Crippen LogP) is 2.24. The van der Waals surface area contributed by atoms with Crippen LogP contribution in [0.4, 0.5) is 4.39 Å². The number of benzene rings is 2. The van der Waals surface area contributed by atoms with E-state index in [1.54, 1.807) is 25.1 Å². The van der Waals surface area contributed by atoms with Crippen LogP contribution in [0, 0.1) is 24.1 Å². The summed E-state index contributed by atoms with van der Waals surface area (Å²) in [6.07, 6.45) is 0. The highest BCUT2D eigenvalue weighted by molar-refractivity contribution is 7.91. The van der Waals surface area contributed by atoms with Crippen LogP contribution in [0.3, 0.4) is 0 Å². The Kier molecular flexibility index (Phi) is 5.88. The van der Waals surface area contributed by atoms with Crippen molar-refractivity contribution >= 4 is 15.7 Å². The van der Waals surface area contributed by atoms with Crippen LogP contribution in [0.5, 0.6) is 0 Å². The molecule has 0 unspecified atom stereocenters. The van der Waals surface area contributed by atoms with E-state index in [1.165, 1.54) is 24.3 Å². The fraction of sp³-hybridized carbons (Fsp3) is 0.222. The van der Waals surface area contributed by atoms with Gasteiger partial charge in [-0.2, -0.15) is 5.26 Å². The molecule has 0 atom stereocenters. The van der Waals surface area contributed by atoms with Gasteiger partial charge < -0.3 is 5.32 Å². The molecule has 0 aromatic heterocycles. The number of sulfone groups is 1. The molecule has 1 amide bonds. The van der Waals surface area contributed by atoms with Gasteiger partial charge in [0, 0.05) is 6.54 Å². The molecule has 1 N–H and O–H groups in total. The Labute approximate surface area is 146 Å². The van der Waals surface area contributed by atoms with E-state index in [-0.39, 0.29) is 18.1 Å². The maximum Gasteiger partial charge on any atom is 0.235 e. The normalized spacial score (nSPS) is 10.9. The Morgan fingerprint density at radius 2 is 1.80 bits per heavy atom. The first kappa shape index (κ1) is 18.6. The second-order valence-electron chi connectivity index (χ2n) is 5.70. The van der Waals surface area contributed by atoms with E-state index >= 15 is 0 Å². The highest BCUT2D eigenvalue weighted by Gasteiger charge is 2.17. The largest absolute Gasteiger partial charge is 0.351 e. The molecule has 130 valence electrons. The van der Waals surface area contributed by atoms with Crippen LogP contribution in [0.2, 0.25) is 0 Å². The van der Waals surface area contributed by atoms with E-state index in [1.807, 2.05) is 6.07 Å². The molecule has 0 saturated carbocycles. The average molecular weight is 360 g/mol. The number of rotatable bonds is 6. The molecule has 2 rings (SSSR count). The number of hydrogen-bond acceptors (Lipinski definition) is 4. The van der Waals surface area contributed by atoms with Crippen molar-refractivity contribution in [2.45, 2.75) is 19.2 Å². The molecule has 0 heterocycles. The average Bonchev–Trinajstić information content (AvgIpc) is 2.56. The van der Waals surface area contributed by atoms with Crippen LogP contribution in [-0.2, 0) is 26.9 Å². The minimum Gasteiger partial charge on any atom is -0.351 e. The smallest absolute Gasteiger partial charge is 0.235 e. The Bertz CT molecular complexity index is 916. The highest BCUT2D eigenvalue weighted by Crippen LogP contribution is 2.10. The van der Waals surface area contributed by atoms with Crippen molar-refractivity contribution in [3.8, 4) is 6.07 Å². The second-order valence-corrected chi connectivity index (χ2v) is 7.77. The summed E-state index contributed by atoms with van der Waals surface area (Å²) in [4.78, 5) is 11.9. The molecule has 0 bridgehead atoms. The summed E-state index contributed by atoms with van der Waals surface area (Å²) in [6, 6.07) is 12.6. The van der Waals surface area contributed by atoms with E-state index < -0.39 is 21.5 Å². The van der Waals surface area contributed by atoms with Gasteiger partial charge in [-0.3, -0.25) is 4.79 Å². The lowest BCUT2D eigenvalue weighted by Gasteiger charge is -2.08. The number of amides is 1. The first-order chi connectivity index (χ1) is 11.8. The maximum absolute atomic E-state index is 13.2. The summed E-state index contributed by atoms with van der Waals surface area (Å²) >= 11 is 0. The van der Waals surface area contributed by atoms with Gasteiger partial charge in [0.25, 0.3) is 0 Å². The number of carbonyl (C=O) groups excluding carboxylic acids is 1. The van der Waals surface area contributed by atoms with Crippen LogP contribution < -0.4 is 5.32 Å². The van der Waals surface area contributed by atoms with Crippen molar-refractivity contribution in [1.29, 1.82) is 5.26 Å². The fourth-order valence-corrected chi connectivity index (χ4v) is 3.55. The number of aryl methyl sites for hydroxylation is 1. The molecule has 0 aliphatic carbocycles. The summed E-state index contributed by atoms with van der Waals surface area (Å²) in [5.74, 6) is -1.86. The number of halogens is 1. The lowest BCUT2D eigenvalue weighted by Crippen LogP contribution is -2.30. The molecule has 7 heteroatoms. The molecule has 0 saturated heterocycles. The first-order valence-electron chi connectivity index (χ1n) is 7.50. The van der Waals surface area contributed by atoms with Gasteiger partial charge in [-0.05, 0) is 41.8 Å². The monoisotopic (exact) mass is 360 g/mol. The van der Waals surface area contributed by atoms with Crippen LogP contribution in [0.15, 0.2) is 42.5 Å². The summed E-state index contributed by atoms with van der Waals surface area (Å²) in [5.41, 5.74) is 2.10. The zero-order valence-corrected chi connectivity index (χ0v) is 14.4. The Morgan fingerprint density at radius 1 is 1.16 bits per heavy atom. The van der Waals surface area contributed by atoms with Gasteiger partial charge >= 0.3 is 0 Å². The fourth-order valence-electron chi connectivity index (χ4n) is 2.25. The third-order valence-electron chi connectivity index (χ3n) is 3.53. The predicted molar refractivity (Wildman–Crippen MR) is 91.6 cm³/mol. The summed E-state index contributed by atoms with van der Waals surface area (Å²) < 4.78 is 37.4. The molecule has 2 aromatic carbocycles. The van der Waals surface area contributed by atoms with Crippen molar-refractivity contribution in [1.82, 2.24) is 5.32 Å². The van der Waals surface area contributed by atoms with E-state index in [9.17, 15) is 17.6 Å².